The molecule has 0 spiro atoms. The first-order valence-corrected chi connectivity index (χ1v) is 4.82. The highest BCUT2D eigenvalue weighted by molar-refractivity contribution is 6.01. The number of pyridine rings is 2. The zero-order chi connectivity index (χ0) is 11.7. The number of amides is 1. The molecule has 0 aliphatic heterocycles. The van der Waals surface area contributed by atoms with E-state index < -0.39 is 0 Å². The van der Waals surface area contributed by atoms with Gasteiger partial charge in [0.2, 0.25) is 0 Å². The Morgan fingerprint density at radius 3 is 2.88 bits per heavy atom. The Labute approximate surface area is 92.9 Å². The molecule has 5 heteroatoms. The molecule has 0 saturated heterocycles. The van der Waals surface area contributed by atoms with Gasteiger partial charge >= 0.3 is 0 Å². The minimum Gasteiger partial charge on any atom is -0.383 e. The summed E-state index contributed by atoms with van der Waals surface area (Å²) in [6, 6.07) is 5.36. The molecule has 1 amide bonds. The van der Waals surface area contributed by atoms with Crippen LogP contribution in [0.15, 0.2) is 24.4 Å². The van der Waals surface area contributed by atoms with Crippen molar-refractivity contribution in [1.29, 1.82) is 0 Å². The minimum atomic E-state index is -0.157. The first-order chi connectivity index (χ1) is 7.59. The molecule has 2 heterocycles. The highest BCUT2D eigenvalue weighted by Crippen LogP contribution is 2.17. The lowest BCUT2D eigenvalue weighted by Crippen LogP contribution is -2.23. The van der Waals surface area contributed by atoms with Crippen molar-refractivity contribution in [2.24, 2.45) is 0 Å². The fourth-order valence-electron chi connectivity index (χ4n) is 1.43. The number of hydrogen-bond donors (Lipinski definition) is 1. The Morgan fingerprint density at radius 2 is 2.19 bits per heavy atom. The molecule has 0 atom stereocenters. The lowest BCUT2D eigenvalue weighted by atomic mass is 10.2. The van der Waals surface area contributed by atoms with E-state index in [1.807, 2.05) is 6.07 Å². The molecule has 0 bridgehead atoms. The molecule has 0 saturated carbocycles. The third kappa shape index (κ3) is 1.67. The average molecular weight is 216 g/mol. The zero-order valence-electron chi connectivity index (χ0n) is 9.14. The Hall–Kier alpha value is -2.17. The van der Waals surface area contributed by atoms with E-state index in [-0.39, 0.29) is 11.7 Å². The Balaban J connectivity index is 2.63. The van der Waals surface area contributed by atoms with Crippen molar-refractivity contribution < 1.29 is 4.79 Å². The number of aromatic nitrogens is 2. The number of carbonyl (C=O) groups excluding carboxylic acids is 1. The SMILES string of the molecule is CN(C)C(=O)c1cc2cccnc2nc1N. The topological polar surface area (TPSA) is 72.1 Å². The standard InChI is InChI=1S/C11H12N4O/c1-15(2)11(16)8-6-7-4-3-5-13-10(7)14-9(8)12/h3-6H,1-2H3,(H2,12,13,14). The summed E-state index contributed by atoms with van der Waals surface area (Å²) in [6.07, 6.45) is 1.64. The van der Waals surface area contributed by atoms with Crippen LogP contribution >= 0.6 is 0 Å². The van der Waals surface area contributed by atoms with Gasteiger partial charge < -0.3 is 10.6 Å². The number of nitrogens with zero attached hydrogens (tertiary/aromatic N) is 3. The second-order valence-corrected chi connectivity index (χ2v) is 3.67. The first kappa shape index (κ1) is 10.4. The Kier molecular flexibility index (Phi) is 2.44. The third-order valence-corrected chi connectivity index (χ3v) is 2.26. The van der Waals surface area contributed by atoms with E-state index in [1.165, 1.54) is 4.90 Å². The van der Waals surface area contributed by atoms with Crippen LogP contribution in [-0.2, 0) is 0 Å². The summed E-state index contributed by atoms with van der Waals surface area (Å²) < 4.78 is 0. The van der Waals surface area contributed by atoms with Gasteiger partial charge in [-0.2, -0.15) is 0 Å². The molecule has 2 N–H and O–H groups in total. The van der Waals surface area contributed by atoms with Crippen LogP contribution in [0.5, 0.6) is 0 Å². The van der Waals surface area contributed by atoms with E-state index in [9.17, 15) is 4.79 Å². The predicted molar refractivity (Wildman–Crippen MR) is 62.0 cm³/mol. The van der Waals surface area contributed by atoms with Crippen LogP contribution in [0.25, 0.3) is 11.0 Å². The molecule has 0 aromatic carbocycles. The molecule has 2 rings (SSSR count). The van der Waals surface area contributed by atoms with E-state index in [0.717, 1.165) is 5.39 Å². The molecule has 0 aliphatic rings. The highest BCUT2D eigenvalue weighted by atomic mass is 16.2. The summed E-state index contributed by atoms with van der Waals surface area (Å²) in [7, 11) is 3.35. The number of fused-ring (bicyclic) bond motifs is 1. The van der Waals surface area contributed by atoms with Crippen molar-refractivity contribution >= 4 is 22.8 Å². The normalized spacial score (nSPS) is 10.4. The maximum Gasteiger partial charge on any atom is 0.257 e. The molecule has 0 fully saturated rings. The Bertz CT molecular complexity index is 551. The van der Waals surface area contributed by atoms with Crippen molar-refractivity contribution in [3.63, 3.8) is 0 Å². The van der Waals surface area contributed by atoms with Gasteiger partial charge in [0.15, 0.2) is 5.65 Å². The van der Waals surface area contributed by atoms with Gasteiger partial charge in [0.1, 0.15) is 5.82 Å². The van der Waals surface area contributed by atoms with E-state index >= 15 is 0 Å². The number of hydrogen-bond acceptors (Lipinski definition) is 4. The van der Waals surface area contributed by atoms with E-state index in [4.69, 9.17) is 5.73 Å². The predicted octanol–water partition coefficient (Wildman–Crippen LogP) is 0.914. The van der Waals surface area contributed by atoms with Crippen molar-refractivity contribution in [2.75, 3.05) is 19.8 Å². The quantitative estimate of drug-likeness (QED) is 0.769. The van der Waals surface area contributed by atoms with Gasteiger partial charge in [-0.05, 0) is 18.2 Å². The van der Waals surface area contributed by atoms with Gasteiger partial charge in [-0.1, -0.05) is 0 Å². The monoisotopic (exact) mass is 216 g/mol. The van der Waals surface area contributed by atoms with Crippen LogP contribution in [0.4, 0.5) is 5.82 Å². The second-order valence-electron chi connectivity index (χ2n) is 3.67. The summed E-state index contributed by atoms with van der Waals surface area (Å²) >= 11 is 0. The summed E-state index contributed by atoms with van der Waals surface area (Å²) in [5.74, 6) is 0.0562. The molecule has 0 radical (unpaired) electrons. The maximum absolute atomic E-state index is 11.8. The van der Waals surface area contributed by atoms with Gasteiger partial charge in [-0.25, -0.2) is 9.97 Å². The molecule has 0 aliphatic carbocycles. The highest BCUT2D eigenvalue weighted by Gasteiger charge is 2.14. The van der Waals surface area contributed by atoms with Crippen LogP contribution in [0, 0.1) is 0 Å². The van der Waals surface area contributed by atoms with Crippen molar-refractivity contribution in [3.8, 4) is 0 Å². The summed E-state index contributed by atoms with van der Waals surface area (Å²) in [5.41, 5.74) is 6.69. The van der Waals surface area contributed by atoms with Crippen LogP contribution in [0.1, 0.15) is 10.4 Å². The van der Waals surface area contributed by atoms with E-state index in [0.29, 0.717) is 11.2 Å². The Morgan fingerprint density at radius 1 is 1.44 bits per heavy atom. The third-order valence-electron chi connectivity index (χ3n) is 2.26. The van der Waals surface area contributed by atoms with Crippen molar-refractivity contribution in [2.45, 2.75) is 0 Å². The van der Waals surface area contributed by atoms with Gasteiger partial charge in [0.25, 0.3) is 5.91 Å². The molecular formula is C11H12N4O. The summed E-state index contributed by atoms with van der Waals surface area (Å²) in [4.78, 5) is 21.4. The molecule has 5 nitrogen and oxygen atoms in total. The van der Waals surface area contributed by atoms with Crippen LogP contribution < -0.4 is 5.73 Å². The zero-order valence-corrected chi connectivity index (χ0v) is 9.14. The minimum absolute atomic E-state index is 0.157. The number of nitrogen functional groups attached to an aromatic ring is 1. The number of anilines is 1. The largest absolute Gasteiger partial charge is 0.383 e. The fraction of sp³-hybridized carbons (Fsp3) is 0.182. The second kappa shape index (κ2) is 3.77. The lowest BCUT2D eigenvalue weighted by Gasteiger charge is -2.11. The molecular weight excluding hydrogens is 204 g/mol. The van der Waals surface area contributed by atoms with E-state index in [2.05, 4.69) is 9.97 Å². The molecule has 82 valence electrons. The molecule has 2 aromatic heterocycles. The van der Waals surface area contributed by atoms with Gasteiger partial charge in [0, 0.05) is 25.7 Å². The number of carbonyl (C=O) groups is 1. The number of nitrogens with two attached hydrogens (primary N) is 1. The molecule has 0 unspecified atom stereocenters. The van der Waals surface area contributed by atoms with Crippen LogP contribution in [0.2, 0.25) is 0 Å². The van der Waals surface area contributed by atoms with Crippen molar-refractivity contribution in [3.05, 3.63) is 30.0 Å². The molecule has 2 aromatic rings. The van der Waals surface area contributed by atoms with Crippen molar-refractivity contribution in [1.82, 2.24) is 14.9 Å². The van der Waals surface area contributed by atoms with Gasteiger partial charge in [-0.3, -0.25) is 4.79 Å². The summed E-state index contributed by atoms with van der Waals surface area (Å²) in [6.45, 7) is 0. The van der Waals surface area contributed by atoms with Gasteiger partial charge in [0.05, 0.1) is 5.56 Å². The summed E-state index contributed by atoms with van der Waals surface area (Å²) in [5, 5.41) is 0.807. The van der Waals surface area contributed by atoms with Crippen LogP contribution in [0.3, 0.4) is 0 Å². The van der Waals surface area contributed by atoms with Crippen LogP contribution in [-0.4, -0.2) is 34.9 Å². The van der Waals surface area contributed by atoms with E-state index in [1.54, 1.807) is 32.4 Å². The number of rotatable bonds is 1. The maximum atomic E-state index is 11.8. The van der Waals surface area contributed by atoms with Gasteiger partial charge in [-0.15, -0.1) is 0 Å². The fourth-order valence-corrected chi connectivity index (χ4v) is 1.43. The smallest absolute Gasteiger partial charge is 0.257 e. The average Bonchev–Trinajstić information content (AvgIpc) is 2.27. The molecule has 16 heavy (non-hydrogen) atoms. The lowest BCUT2D eigenvalue weighted by molar-refractivity contribution is 0.0828. The first-order valence-electron chi connectivity index (χ1n) is 4.82.